The van der Waals surface area contributed by atoms with E-state index < -0.39 is 0 Å². The Bertz CT molecular complexity index is 1110. The minimum absolute atomic E-state index is 0.0196. The number of thioether (sulfide) groups is 1. The van der Waals surface area contributed by atoms with Gasteiger partial charge in [0.1, 0.15) is 0 Å². The van der Waals surface area contributed by atoms with E-state index in [1.807, 2.05) is 42.2 Å². The van der Waals surface area contributed by atoms with Crippen LogP contribution >= 0.6 is 11.8 Å². The van der Waals surface area contributed by atoms with E-state index in [1.165, 1.54) is 11.1 Å². The van der Waals surface area contributed by atoms with E-state index >= 15 is 0 Å². The Morgan fingerprint density at radius 3 is 2.67 bits per heavy atom. The number of hydrogen-bond acceptors (Lipinski definition) is 4. The molecule has 0 radical (unpaired) electrons. The number of carbonyl (C=O) groups excluding carboxylic acids is 1. The van der Waals surface area contributed by atoms with Gasteiger partial charge < -0.3 is 4.90 Å². The molecular weight excluding hydrogens is 394 g/mol. The Morgan fingerprint density at radius 1 is 1.07 bits per heavy atom. The molecule has 0 atom stereocenters. The number of unbranched alkanes of at least 4 members (excludes halogenated alkanes) is 1. The molecule has 2 aromatic carbocycles. The first-order valence-electron chi connectivity index (χ1n) is 10.6. The third-order valence-electron chi connectivity index (χ3n) is 5.64. The Kier molecular flexibility index (Phi) is 6.53. The lowest BCUT2D eigenvalue weighted by Gasteiger charge is -2.29. The van der Waals surface area contributed by atoms with Gasteiger partial charge in [0.15, 0.2) is 5.16 Å². The monoisotopic (exact) mass is 421 g/mol. The Morgan fingerprint density at radius 2 is 1.83 bits per heavy atom. The molecule has 6 heteroatoms. The van der Waals surface area contributed by atoms with Crippen LogP contribution < -0.4 is 5.56 Å². The molecule has 156 valence electrons. The molecular formula is C24H27N3O2S. The first kappa shape index (κ1) is 20.7. The third kappa shape index (κ3) is 4.43. The smallest absolute Gasteiger partial charge is 0.262 e. The molecule has 0 saturated heterocycles. The van der Waals surface area contributed by atoms with E-state index in [1.54, 1.807) is 16.3 Å². The van der Waals surface area contributed by atoms with Gasteiger partial charge in [-0.1, -0.05) is 48.2 Å². The van der Waals surface area contributed by atoms with Crippen molar-refractivity contribution in [2.45, 2.75) is 50.9 Å². The van der Waals surface area contributed by atoms with Crippen LogP contribution in [-0.2, 0) is 24.3 Å². The van der Waals surface area contributed by atoms with Crippen molar-refractivity contribution in [3.63, 3.8) is 0 Å². The summed E-state index contributed by atoms with van der Waals surface area (Å²) >= 11 is 1.61. The minimum Gasteiger partial charge on any atom is -0.338 e. The molecule has 30 heavy (non-hydrogen) atoms. The molecule has 1 aliphatic rings. The highest BCUT2D eigenvalue weighted by molar-refractivity contribution is 7.99. The zero-order valence-corrected chi connectivity index (χ0v) is 18.2. The number of carbonyl (C=O) groups is 1. The van der Waals surface area contributed by atoms with E-state index in [0.29, 0.717) is 18.4 Å². The average molecular weight is 422 g/mol. The van der Waals surface area contributed by atoms with Gasteiger partial charge in [-0.05, 0) is 49.4 Å². The van der Waals surface area contributed by atoms with E-state index in [0.717, 1.165) is 48.8 Å². The summed E-state index contributed by atoms with van der Waals surface area (Å²) in [6.45, 7) is 4.12. The first-order chi connectivity index (χ1) is 14.7. The van der Waals surface area contributed by atoms with Crippen molar-refractivity contribution < 1.29 is 4.79 Å². The van der Waals surface area contributed by atoms with Gasteiger partial charge in [-0.3, -0.25) is 14.2 Å². The van der Waals surface area contributed by atoms with E-state index in [-0.39, 0.29) is 11.5 Å². The van der Waals surface area contributed by atoms with Crippen LogP contribution in [0.15, 0.2) is 58.5 Å². The molecule has 0 bridgehead atoms. The zero-order valence-electron chi connectivity index (χ0n) is 17.3. The largest absolute Gasteiger partial charge is 0.338 e. The second-order valence-corrected chi connectivity index (χ2v) is 8.66. The van der Waals surface area contributed by atoms with E-state index in [4.69, 9.17) is 0 Å². The van der Waals surface area contributed by atoms with Gasteiger partial charge >= 0.3 is 0 Å². The molecule has 3 aromatic rings. The molecule has 2 heterocycles. The van der Waals surface area contributed by atoms with E-state index in [9.17, 15) is 9.59 Å². The summed E-state index contributed by atoms with van der Waals surface area (Å²) < 4.78 is 1.74. The van der Waals surface area contributed by atoms with Crippen molar-refractivity contribution >= 4 is 28.6 Å². The highest BCUT2D eigenvalue weighted by Crippen LogP contribution is 2.21. The van der Waals surface area contributed by atoms with Gasteiger partial charge in [0, 0.05) is 31.8 Å². The van der Waals surface area contributed by atoms with Crippen LogP contribution in [0.2, 0.25) is 0 Å². The molecule has 1 amide bonds. The molecule has 1 aliphatic heterocycles. The number of para-hydroxylation sites is 1. The molecule has 1 aromatic heterocycles. The van der Waals surface area contributed by atoms with Crippen LogP contribution in [0, 0.1) is 0 Å². The molecule has 0 spiro atoms. The maximum atomic E-state index is 12.7. The minimum atomic E-state index is 0.0196. The quantitative estimate of drug-likeness (QED) is 0.325. The summed E-state index contributed by atoms with van der Waals surface area (Å²) in [6, 6.07) is 15.9. The highest BCUT2D eigenvalue weighted by atomic mass is 32.2. The summed E-state index contributed by atoms with van der Waals surface area (Å²) in [5.74, 6) is 1.09. The standard InChI is InChI=1S/C24H27N3O2S/c1-2-27-23(29)20-11-5-6-12-21(20)25-24(27)30-16-8-7-13-22(28)26-15-14-18-9-3-4-10-19(18)17-26/h3-6,9-12H,2,7-8,13-17H2,1H3. The number of aromatic nitrogens is 2. The Hall–Kier alpha value is -2.60. The zero-order chi connectivity index (χ0) is 20.9. The first-order valence-corrected chi connectivity index (χ1v) is 11.6. The predicted molar refractivity (Wildman–Crippen MR) is 122 cm³/mol. The van der Waals surface area contributed by atoms with Gasteiger partial charge in [0.25, 0.3) is 5.56 Å². The van der Waals surface area contributed by atoms with Crippen molar-refractivity contribution in [1.82, 2.24) is 14.5 Å². The number of nitrogens with zero attached hydrogens (tertiary/aromatic N) is 3. The lowest BCUT2D eigenvalue weighted by molar-refractivity contribution is -0.132. The number of benzene rings is 2. The van der Waals surface area contributed by atoms with Crippen molar-refractivity contribution in [2.24, 2.45) is 0 Å². The molecule has 0 unspecified atom stereocenters. The molecule has 0 aliphatic carbocycles. The molecule has 0 N–H and O–H groups in total. The SMILES string of the molecule is CCn1c(SCCCCC(=O)N2CCc3ccccc3C2)nc2ccccc2c1=O. The maximum absolute atomic E-state index is 12.7. The van der Waals surface area contributed by atoms with Crippen LogP contribution in [0.4, 0.5) is 0 Å². The summed E-state index contributed by atoms with van der Waals surface area (Å²) in [5.41, 5.74) is 3.40. The van der Waals surface area contributed by atoms with Crippen molar-refractivity contribution in [2.75, 3.05) is 12.3 Å². The number of rotatable bonds is 7. The lowest BCUT2D eigenvalue weighted by atomic mass is 9.99. The fourth-order valence-corrected chi connectivity index (χ4v) is 5.01. The van der Waals surface area contributed by atoms with Crippen LogP contribution in [0.5, 0.6) is 0 Å². The molecule has 4 rings (SSSR count). The van der Waals surface area contributed by atoms with Crippen molar-refractivity contribution in [3.05, 3.63) is 70.0 Å². The number of amides is 1. The van der Waals surface area contributed by atoms with Crippen LogP contribution in [0.3, 0.4) is 0 Å². The van der Waals surface area contributed by atoms with E-state index in [2.05, 4.69) is 23.2 Å². The normalized spacial score (nSPS) is 13.4. The number of hydrogen-bond donors (Lipinski definition) is 0. The van der Waals surface area contributed by atoms with Gasteiger partial charge in [0.05, 0.1) is 10.9 Å². The van der Waals surface area contributed by atoms with Crippen LogP contribution in [0.25, 0.3) is 10.9 Å². The molecule has 5 nitrogen and oxygen atoms in total. The maximum Gasteiger partial charge on any atom is 0.262 e. The topological polar surface area (TPSA) is 55.2 Å². The van der Waals surface area contributed by atoms with Gasteiger partial charge in [0.2, 0.25) is 5.91 Å². The Balaban J connectivity index is 1.29. The fraction of sp³-hybridized carbons (Fsp3) is 0.375. The second kappa shape index (κ2) is 9.47. The van der Waals surface area contributed by atoms with Crippen LogP contribution in [0.1, 0.15) is 37.3 Å². The fourth-order valence-electron chi connectivity index (χ4n) is 3.95. The summed E-state index contributed by atoms with van der Waals surface area (Å²) in [7, 11) is 0. The van der Waals surface area contributed by atoms with Gasteiger partial charge in [-0.2, -0.15) is 0 Å². The molecule has 0 fully saturated rings. The van der Waals surface area contributed by atoms with Crippen LogP contribution in [-0.4, -0.2) is 32.7 Å². The van der Waals surface area contributed by atoms with Crippen molar-refractivity contribution in [1.29, 1.82) is 0 Å². The predicted octanol–water partition coefficient (Wildman–Crippen LogP) is 4.26. The third-order valence-corrected chi connectivity index (χ3v) is 6.71. The highest BCUT2D eigenvalue weighted by Gasteiger charge is 2.19. The van der Waals surface area contributed by atoms with Crippen molar-refractivity contribution in [3.8, 4) is 0 Å². The summed E-state index contributed by atoms with van der Waals surface area (Å²) in [5, 5.41) is 1.43. The second-order valence-electron chi connectivity index (χ2n) is 7.60. The number of fused-ring (bicyclic) bond motifs is 2. The molecule has 0 saturated carbocycles. The Labute approximate surface area is 181 Å². The summed E-state index contributed by atoms with van der Waals surface area (Å²) in [4.78, 5) is 31.9. The average Bonchev–Trinajstić information content (AvgIpc) is 2.78. The lowest BCUT2D eigenvalue weighted by Crippen LogP contribution is -2.35. The van der Waals surface area contributed by atoms with Gasteiger partial charge in [-0.25, -0.2) is 4.98 Å². The van der Waals surface area contributed by atoms with Gasteiger partial charge in [-0.15, -0.1) is 0 Å². The summed E-state index contributed by atoms with van der Waals surface area (Å²) in [6.07, 6.45) is 3.30.